The molecule has 2 N–H and O–H groups in total. The molecule has 3 rings (SSSR count). The van der Waals surface area contributed by atoms with E-state index in [9.17, 15) is 0 Å². The fraction of sp³-hybridized carbons (Fsp3) is 0.632. The third-order valence-corrected chi connectivity index (χ3v) is 5.32. The maximum absolute atomic E-state index is 6.17. The number of anilines is 1. The topological polar surface area (TPSA) is 39.7 Å². The van der Waals surface area contributed by atoms with Crippen molar-refractivity contribution in [2.45, 2.75) is 39.7 Å². The Kier molecular flexibility index (Phi) is 7.68. The van der Waals surface area contributed by atoms with E-state index >= 15 is 0 Å². The van der Waals surface area contributed by atoms with E-state index in [0.29, 0.717) is 12.0 Å². The molecule has 1 aliphatic carbocycles. The zero-order valence-electron chi connectivity index (χ0n) is 15.4. The third-order valence-electron chi connectivity index (χ3n) is 5.08. The van der Waals surface area contributed by atoms with Gasteiger partial charge in [-0.15, -0.1) is 24.0 Å². The van der Waals surface area contributed by atoms with Crippen molar-refractivity contribution in [1.82, 2.24) is 10.6 Å². The minimum Gasteiger partial charge on any atom is -0.371 e. The molecule has 0 spiro atoms. The predicted molar refractivity (Wildman–Crippen MR) is 119 cm³/mol. The van der Waals surface area contributed by atoms with Gasteiger partial charge in [-0.3, -0.25) is 4.99 Å². The molecule has 1 heterocycles. The maximum atomic E-state index is 6.17. The Morgan fingerprint density at radius 1 is 1.40 bits per heavy atom. The predicted octanol–water partition coefficient (Wildman–Crippen LogP) is 4.06. The maximum Gasteiger partial charge on any atom is 0.191 e. The number of aryl methyl sites for hydroxylation is 1. The van der Waals surface area contributed by atoms with Crippen LogP contribution in [0.4, 0.5) is 5.69 Å². The summed E-state index contributed by atoms with van der Waals surface area (Å²) in [7, 11) is 0. The molecule has 3 atom stereocenters. The van der Waals surface area contributed by atoms with E-state index in [1.165, 1.54) is 24.1 Å². The highest BCUT2D eigenvalue weighted by atomic mass is 127. The Hall–Kier alpha value is -0.690. The van der Waals surface area contributed by atoms with Gasteiger partial charge in [0, 0.05) is 42.9 Å². The van der Waals surface area contributed by atoms with Crippen LogP contribution >= 0.6 is 35.6 Å². The normalized spacial score (nSPS) is 25.5. The summed E-state index contributed by atoms with van der Waals surface area (Å²) in [5, 5.41) is 7.71. The highest BCUT2D eigenvalue weighted by Gasteiger charge is 2.33. The van der Waals surface area contributed by atoms with Crippen molar-refractivity contribution in [2.24, 2.45) is 16.8 Å². The number of hydrogen-bond donors (Lipinski definition) is 2. The zero-order valence-corrected chi connectivity index (χ0v) is 18.5. The number of nitrogens with one attached hydrogen (secondary N) is 2. The summed E-state index contributed by atoms with van der Waals surface area (Å²) >= 11 is 6.17. The largest absolute Gasteiger partial charge is 0.371 e. The van der Waals surface area contributed by atoms with E-state index < -0.39 is 0 Å². The number of halogens is 2. The minimum absolute atomic E-state index is 0. The van der Waals surface area contributed by atoms with Crippen molar-refractivity contribution in [3.63, 3.8) is 0 Å². The van der Waals surface area contributed by atoms with Crippen LogP contribution in [0, 0.1) is 18.8 Å². The van der Waals surface area contributed by atoms with Crippen LogP contribution < -0.4 is 15.5 Å². The van der Waals surface area contributed by atoms with Crippen LogP contribution in [0.25, 0.3) is 0 Å². The summed E-state index contributed by atoms with van der Waals surface area (Å²) in [5.74, 6) is 2.36. The van der Waals surface area contributed by atoms with Gasteiger partial charge in [0.1, 0.15) is 0 Å². The van der Waals surface area contributed by atoms with Crippen LogP contribution in [0.2, 0.25) is 5.02 Å². The van der Waals surface area contributed by atoms with E-state index in [1.54, 1.807) is 0 Å². The first kappa shape index (κ1) is 20.6. The quantitative estimate of drug-likeness (QED) is 0.382. The molecule has 0 bridgehead atoms. The molecule has 25 heavy (non-hydrogen) atoms. The van der Waals surface area contributed by atoms with Crippen molar-refractivity contribution in [2.75, 3.05) is 31.1 Å². The lowest BCUT2D eigenvalue weighted by molar-refractivity contribution is 0.598. The molecule has 0 radical (unpaired) electrons. The molecular formula is C19H30ClIN4. The fourth-order valence-corrected chi connectivity index (χ4v) is 3.53. The molecule has 1 aromatic carbocycles. The van der Waals surface area contributed by atoms with Crippen molar-refractivity contribution in [3.8, 4) is 0 Å². The lowest BCUT2D eigenvalue weighted by Gasteiger charge is -2.21. The van der Waals surface area contributed by atoms with Crippen molar-refractivity contribution in [1.29, 1.82) is 0 Å². The molecule has 4 nitrogen and oxygen atoms in total. The van der Waals surface area contributed by atoms with Gasteiger partial charge in [-0.05, 0) is 56.2 Å². The first-order chi connectivity index (χ1) is 11.6. The number of rotatable bonds is 5. The van der Waals surface area contributed by atoms with Crippen LogP contribution in [0.3, 0.4) is 0 Å². The first-order valence-electron chi connectivity index (χ1n) is 9.12. The SMILES string of the molecule is CCNC(=NCC1CCN(c2cc(Cl)ccc2C)C1)NC1CC1C.I. The van der Waals surface area contributed by atoms with Crippen molar-refractivity contribution >= 4 is 47.2 Å². The van der Waals surface area contributed by atoms with Crippen LogP contribution in [0.1, 0.15) is 32.3 Å². The number of nitrogens with zero attached hydrogens (tertiary/aromatic N) is 2. The summed E-state index contributed by atoms with van der Waals surface area (Å²) in [5.41, 5.74) is 2.56. The van der Waals surface area contributed by atoms with E-state index in [4.69, 9.17) is 16.6 Å². The van der Waals surface area contributed by atoms with Gasteiger partial charge in [0.2, 0.25) is 0 Å². The zero-order chi connectivity index (χ0) is 17.1. The average Bonchev–Trinajstić information content (AvgIpc) is 3.06. The molecule has 1 aromatic rings. The van der Waals surface area contributed by atoms with Gasteiger partial charge in [-0.25, -0.2) is 0 Å². The van der Waals surface area contributed by atoms with Gasteiger partial charge in [-0.2, -0.15) is 0 Å². The Bertz CT molecular complexity index is 607. The van der Waals surface area contributed by atoms with Crippen molar-refractivity contribution in [3.05, 3.63) is 28.8 Å². The summed E-state index contributed by atoms with van der Waals surface area (Å²) in [4.78, 5) is 7.27. The Morgan fingerprint density at radius 2 is 2.16 bits per heavy atom. The van der Waals surface area contributed by atoms with E-state index in [2.05, 4.69) is 48.4 Å². The molecule has 2 fully saturated rings. The van der Waals surface area contributed by atoms with Crippen LogP contribution in [-0.2, 0) is 0 Å². The molecular weight excluding hydrogens is 447 g/mol. The Labute approximate surface area is 173 Å². The second-order valence-corrected chi connectivity index (χ2v) is 7.65. The van der Waals surface area contributed by atoms with E-state index in [1.807, 2.05) is 6.07 Å². The summed E-state index contributed by atoms with van der Waals surface area (Å²) in [6.07, 6.45) is 2.45. The molecule has 1 saturated heterocycles. The van der Waals surface area contributed by atoms with Gasteiger partial charge in [0.25, 0.3) is 0 Å². The second kappa shape index (κ2) is 9.31. The van der Waals surface area contributed by atoms with Crippen LogP contribution in [0.15, 0.2) is 23.2 Å². The minimum atomic E-state index is 0. The van der Waals surface area contributed by atoms with Gasteiger partial charge in [-0.1, -0.05) is 24.6 Å². The number of benzene rings is 1. The van der Waals surface area contributed by atoms with Crippen LogP contribution in [0.5, 0.6) is 0 Å². The lowest BCUT2D eigenvalue weighted by Crippen LogP contribution is -2.39. The molecule has 3 unspecified atom stereocenters. The van der Waals surface area contributed by atoms with Gasteiger partial charge in [0.15, 0.2) is 5.96 Å². The Balaban J connectivity index is 0.00000225. The molecule has 6 heteroatoms. The number of hydrogen-bond acceptors (Lipinski definition) is 2. The molecule has 0 aromatic heterocycles. The molecule has 0 amide bonds. The first-order valence-corrected chi connectivity index (χ1v) is 9.50. The molecule has 2 aliphatic rings. The summed E-state index contributed by atoms with van der Waals surface area (Å²) in [6.45, 7) is 10.5. The fourth-order valence-electron chi connectivity index (χ4n) is 3.36. The molecule has 140 valence electrons. The van der Waals surface area contributed by atoms with Gasteiger partial charge >= 0.3 is 0 Å². The van der Waals surface area contributed by atoms with Crippen LogP contribution in [-0.4, -0.2) is 38.2 Å². The average molecular weight is 477 g/mol. The number of aliphatic imine (C=N–C) groups is 1. The Morgan fingerprint density at radius 3 is 2.84 bits per heavy atom. The molecule has 1 aliphatic heterocycles. The number of guanidine groups is 1. The van der Waals surface area contributed by atoms with E-state index in [-0.39, 0.29) is 24.0 Å². The monoisotopic (exact) mass is 476 g/mol. The summed E-state index contributed by atoms with van der Waals surface area (Å²) in [6, 6.07) is 6.76. The highest BCUT2D eigenvalue weighted by Crippen LogP contribution is 2.30. The van der Waals surface area contributed by atoms with E-state index in [0.717, 1.165) is 43.1 Å². The lowest BCUT2D eigenvalue weighted by atomic mass is 10.1. The third kappa shape index (κ3) is 5.64. The molecule has 1 saturated carbocycles. The van der Waals surface area contributed by atoms with Gasteiger partial charge in [0.05, 0.1) is 0 Å². The highest BCUT2D eigenvalue weighted by molar-refractivity contribution is 14.0. The standard InChI is InChI=1S/C19H29ClN4.HI/c1-4-21-19(23-17-9-14(17)3)22-11-15-7-8-24(12-15)18-10-16(20)6-5-13(18)2;/h5-6,10,14-15,17H,4,7-9,11-12H2,1-3H3,(H2,21,22,23);1H. The van der Waals surface area contributed by atoms with Crippen molar-refractivity contribution < 1.29 is 0 Å². The smallest absolute Gasteiger partial charge is 0.191 e. The second-order valence-electron chi connectivity index (χ2n) is 7.21. The van der Waals surface area contributed by atoms with Gasteiger partial charge < -0.3 is 15.5 Å². The summed E-state index contributed by atoms with van der Waals surface area (Å²) < 4.78 is 0.